The number of carbonyl (C=O) groups excluding carboxylic acids is 1. The maximum absolute atomic E-state index is 12.3. The molecule has 1 aromatic heterocycles. The Hall–Kier alpha value is -2.00. The van der Waals surface area contributed by atoms with Gasteiger partial charge < -0.3 is 5.73 Å². The molecular weight excluding hydrogens is 224 g/mol. The number of hydrogen-bond donors (Lipinski definition) is 1. The first-order valence-electron chi connectivity index (χ1n) is 5.89. The van der Waals surface area contributed by atoms with Gasteiger partial charge in [-0.3, -0.25) is 9.78 Å². The topological polar surface area (TPSA) is 56.0 Å². The summed E-state index contributed by atoms with van der Waals surface area (Å²) >= 11 is 0. The highest BCUT2D eigenvalue weighted by Crippen LogP contribution is 2.14. The van der Waals surface area contributed by atoms with Gasteiger partial charge in [0, 0.05) is 23.9 Å². The lowest BCUT2D eigenvalue weighted by Gasteiger charge is -2.05. The van der Waals surface area contributed by atoms with E-state index >= 15 is 0 Å². The number of carbonyl (C=O) groups is 1. The monoisotopic (exact) mass is 240 g/mol. The highest BCUT2D eigenvalue weighted by Gasteiger charge is 2.10. The Morgan fingerprint density at radius 1 is 1.11 bits per heavy atom. The Balaban J connectivity index is 2.38. The summed E-state index contributed by atoms with van der Waals surface area (Å²) in [5.41, 5.74) is 9.89. The fourth-order valence-electron chi connectivity index (χ4n) is 1.78. The van der Waals surface area contributed by atoms with Crippen LogP contribution in [0.1, 0.15) is 32.7 Å². The summed E-state index contributed by atoms with van der Waals surface area (Å²) in [5.74, 6) is 0.00944. The number of pyridine rings is 1. The molecule has 0 fully saturated rings. The van der Waals surface area contributed by atoms with Crippen LogP contribution in [0.2, 0.25) is 0 Å². The highest BCUT2D eigenvalue weighted by molar-refractivity contribution is 6.09. The van der Waals surface area contributed by atoms with Gasteiger partial charge in [0.2, 0.25) is 0 Å². The number of rotatable bonds is 3. The van der Waals surface area contributed by atoms with Crippen molar-refractivity contribution in [1.82, 2.24) is 4.98 Å². The van der Waals surface area contributed by atoms with Gasteiger partial charge in [-0.25, -0.2) is 0 Å². The van der Waals surface area contributed by atoms with Crippen molar-refractivity contribution in [2.75, 3.05) is 0 Å². The van der Waals surface area contributed by atoms with Crippen molar-refractivity contribution in [1.29, 1.82) is 0 Å². The molecule has 0 aliphatic heterocycles. The molecule has 0 aliphatic rings. The first kappa shape index (κ1) is 12.5. The van der Waals surface area contributed by atoms with Crippen LogP contribution in [0.5, 0.6) is 0 Å². The number of nitrogens with two attached hydrogens (primary N) is 1. The summed E-state index contributed by atoms with van der Waals surface area (Å²) in [6, 6.07) is 9.20. The van der Waals surface area contributed by atoms with E-state index < -0.39 is 0 Å². The predicted octanol–water partition coefficient (Wildman–Crippen LogP) is 2.39. The Morgan fingerprint density at radius 2 is 1.83 bits per heavy atom. The molecule has 0 spiro atoms. The van der Waals surface area contributed by atoms with Crippen molar-refractivity contribution in [2.45, 2.75) is 20.4 Å². The number of aromatic nitrogens is 1. The van der Waals surface area contributed by atoms with E-state index in [1.54, 1.807) is 18.3 Å². The quantitative estimate of drug-likeness (QED) is 0.838. The maximum Gasteiger partial charge on any atom is 0.193 e. The molecule has 0 saturated carbocycles. The molecule has 0 atom stereocenters. The molecule has 2 rings (SSSR count). The Bertz CT molecular complexity index is 591. The molecule has 0 unspecified atom stereocenters. The van der Waals surface area contributed by atoms with Crippen molar-refractivity contribution in [2.24, 2.45) is 5.73 Å². The summed E-state index contributed by atoms with van der Waals surface area (Å²) in [6.07, 6.45) is 1.62. The van der Waals surface area contributed by atoms with Crippen LogP contribution in [0.25, 0.3) is 0 Å². The van der Waals surface area contributed by atoms with Crippen LogP contribution in [0, 0.1) is 13.8 Å². The summed E-state index contributed by atoms with van der Waals surface area (Å²) < 4.78 is 0. The van der Waals surface area contributed by atoms with E-state index in [9.17, 15) is 4.79 Å². The molecule has 0 bridgehead atoms. The third-order valence-corrected chi connectivity index (χ3v) is 3.06. The summed E-state index contributed by atoms with van der Waals surface area (Å²) in [4.78, 5) is 16.4. The zero-order valence-corrected chi connectivity index (χ0v) is 10.6. The lowest BCUT2D eigenvalue weighted by atomic mass is 9.99. The Labute approximate surface area is 107 Å². The first-order chi connectivity index (χ1) is 8.61. The van der Waals surface area contributed by atoms with Gasteiger partial charge >= 0.3 is 0 Å². The van der Waals surface area contributed by atoms with E-state index in [0.29, 0.717) is 17.7 Å². The molecule has 0 amide bonds. The normalized spacial score (nSPS) is 10.4. The van der Waals surface area contributed by atoms with E-state index in [4.69, 9.17) is 5.73 Å². The second kappa shape index (κ2) is 5.10. The second-order valence-corrected chi connectivity index (χ2v) is 4.37. The smallest absolute Gasteiger partial charge is 0.193 e. The van der Waals surface area contributed by atoms with E-state index in [1.165, 1.54) is 5.56 Å². The van der Waals surface area contributed by atoms with Gasteiger partial charge in [0.1, 0.15) is 0 Å². The van der Waals surface area contributed by atoms with Crippen LogP contribution >= 0.6 is 0 Å². The molecular formula is C15H16N2O. The second-order valence-electron chi connectivity index (χ2n) is 4.37. The number of aryl methyl sites for hydroxylation is 2. The zero-order valence-electron chi connectivity index (χ0n) is 10.6. The van der Waals surface area contributed by atoms with Crippen molar-refractivity contribution in [3.8, 4) is 0 Å². The fourth-order valence-corrected chi connectivity index (χ4v) is 1.78. The van der Waals surface area contributed by atoms with Crippen molar-refractivity contribution < 1.29 is 4.79 Å². The summed E-state index contributed by atoms with van der Waals surface area (Å²) in [7, 11) is 0. The largest absolute Gasteiger partial charge is 0.325 e. The molecule has 3 nitrogen and oxygen atoms in total. The maximum atomic E-state index is 12.3. The molecule has 18 heavy (non-hydrogen) atoms. The first-order valence-corrected chi connectivity index (χ1v) is 5.89. The van der Waals surface area contributed by atoms with Gasteiger partial charge in [0.15, 0.2) is 5.78 Å². The zero-order chi connectivity index (χ0) is 13.1. The minimum absolute atomic E-state index is 0.00944. The molecule has 3 heteroatoms. The third-order valence-electron chi connectivity index (χ3n) is 3.06. The lowest BCUT2D eigenvalue weighted by molar-refractivity contribution is 0.103. The fraction of sp³-hybridized carbons (Fsp3) is 0.200. The van der Waals surface area contributed by atoms with E-state index in [0.717, 1.165) is 11.3 Å². The van der Waals surface area contributed by atoms with Crippen LogP contribution in [0.4, 0.5) is 0 Å². The minimum Gasteiger partial charge on any atom is -0.325 e. The Kier molecular flexibility index (Phi) is 3.53. The van der Waals surface area contributed by atoms with E-state index in [1.807, 2.05) is 32.0 Å². The average Bonchev–Trinajstić information content (AvgIpc) is 2.41. The third kappa shape index (κ3) is 2.46. The van der Waals surface area contributed by atoms with Crippen molar-refractivity contribution in [3.63, 3.8) is 0 Å². The van der Waals surface area contributed by atoms with Crippen LogP contribution in [-0.2, 0) is 6.54 Å². The SMILES string of the molecule is Cc1ccc(C(=O)c2ccnc(CN)c2)cc1C. The minimum atomic E-state index is 0.00944. The van der Waals surface area contributed by atoms with Crippen molar-refractivity contribution in [3.05, 3.63) is 64.5 Å². The average molecular weight is 240 g/mol. The van der Waals surface area contributed by atoms with Crippen LogP contribution in [0.3, 0.4) is 0 Å². The lowest BCUT2D eigenvalue weighted by Crippen LogP contribution is -2.06. The number of hydrogen-bond acceptors (Lipinski definition) is 3. The molecule has 92 valence electrons. The Morgan fingerprint density at radius 3 is 2.50 bits per heavy atom. The van der Waals surface area contributed by atoms with Gasteiger partial charge in [-0.05, 0) is 43.2 Å². The van der Waals surface area contributed by atoms with Gasteiger partial charge in [-0.2, -0.15) is 0 Å². The van der Waals surface area contributed by atoms with Crippen LogP contribution in [0.15, 0.2) is 36.5 Å². The van der Waals surface area contributed by atoms with E-state index in [-0.39, 0.29) is 5.78 Å². The van der Waals surface area contributed by atoms with Crippen molar-refractivity contribution >= 4 is 5.78 Å². The molecule has 0 aliphatic carbocycles. The predicted molar refractivity (Wildman–Crippen MR) is 71.5 cm³/mol. The summed E-state index contributed by atoms with van der Waals surface area (Å²) in [5, 5.41) is 0. The number of nitrogens with zero attached hydrogens (tertiary/aromatic N) is 1. The van der Waals surface area contributed by atoms with Gasteiger partial charge in [-0.1, -0.05) is 12.1 Å². The molecule has 0 radical (unpaired) electrons. The van der Waals surface area contributed by atoms with Crippen LogP contribution in [-0.4, -0.2) is 10.8 Å². The molecule has 0 saturated heterocycles. The summed E-state index contributed by atoms with van der Waals surface area (Å²) in [6.45, 7) is 4.38. The van der Waals surface area contributed by atoms with Gasteiger partial charge in [0.25, 0.3) is 0 Å². The highest BCUT2D eigenvalue weighted by atomic mass is 16.1. The van der Waals surface area contributed by atoms with E-state index in [2.05, 4.69) is 4.98 Å². The molecule has 1 heterocycles. The molecule has 2 aromatic rings. The standard InChI is InChI=1S/C15H16N2O/c1-10-3-4-12(7-11(10)2)15(18)13-5-6-17-14(8-13)9-16/h3-8H,9,16H2,1-2H3. The van der Waals surface area contributed by atoms with Gasteiger partial charge in [0.05, 0.1) is 5.69 Å². The molecule has 1 aromatic carbocycles. The number of ketones is 1. The molecule has 2 N–H and O–H groups in total. The van der Waals surface area contributed by atoms with Gasteiger partial charge in [-0.15, -0.1) is 0 Å². The van der Waals surface area contributed by atoms with Crippen LogP contribution < -0.4 is 5.73 Å². The number of benzene rings is 1.